The van der Waals surface area contributed by atoms with Crippen molar-refractivity contribution in [3.8, 4) is 5.75 Å². The van der Waals surface area contributed by atoms with Gasteiger partial charge in [0.2, 0.25) is 11.8 Å². The van der Waals surface area contributed by atoms with Gasteiger partial charge in [-0.3, -0.25) is 24.5 Å². The molecule has 2 atom stereocenters. The number of carbonyl (C=O) groups excluding carboxylic acids is 3. The highest BCUT2D eigenvalue weighted by atomic mass is 16.6. The van der Waals surface area contributed by atoms with Crippen LogP contribution in [-0.4, -0.2) is 34.0 Å². The van der Waals surface area contributed by atoms with Crippen LogP contribution < -0.4 is 10.3 Å². The number of nitro benzene ring substituents is 1. The van der Waals surface area contributed by atoms with Crippen molar-refractivity contribution < 1.29 is 24.4 Å². The van der Waals surface area contributed by atoms with E-state index in [0.29, 0.717) is 5.69 Å². The largest absolute Gasteiger partial charge is 0.507 e. The second kappa shape index (κ2) is 9.93. The van der Waals surface area contributed by atoms with Gasteiger partial charge in [-0.25, -0.2) is 10.3 Å². The van der Waals surface area contributed by atoms with E-state index >= 15 is 0 Å². The number of amides is 3. The number of nitrogens with one attached hydrogen (secondary N) is 1. The van der Waals surface area contributed by atoms with Crippen LogP contribution in [0.2, 0.25) is 0 Å². The lowest BCUT2D eigenvalue weighted by Gasteiger charge is -2.52. The zero-order valence-electron chi connectivity index (χ0n) is 24.0. The van der Waals surface area contributed by atoms with Crippen molar-refractivity contribution in [1.82, 2.24) is 5.43 Å². The molecular weight excluding hydrogens is 584 g/mol. The summed E-state index contributed by atoms with van der Waals surface area (Å²) in [5.41, 5.74) is 4.38. The number of nitrogens with zero attached hydrogens (tertiary/aromatic N) is 3. The van der Waals surface area contributed by atoms with Crippen LogP contribution in [0.4, 0.5) is 11.4 Å². The molecule has 0 radical (unpaired) electrons. The van der Waals surface area contributed by atoms with Crippen molar-refractivity contribution in [3.63, 3.8) is 0 Å². The first kappa shape index (κ1) is 27.4. The Morgan fingerprint density at radius 2 is 1.52 bits per heavy atom. The first-order chi connectivity index (χ1) is 22.3. The zero-order chi connectivity index (χ0) is 31.7. The number of imide groups is 1. The number of fused-ring (bicyclic) bond motifs is 1. The smallest absolute Gasteiger partial charge is 0.275 e. The van der Waals surface area contributed by atoms with E-state index in [9.17, 15) is 29.6 Å². The summed E-state index contributed by atoms with van der Waals surface area (Å²) in [7, 11) is 0. The van der Waals surface area contributed by atoms with E-state index in [1.165, 1.54) is 11.1 Å². The number of hydrogen-bond acceptors (Lipinski definition) is 7. The summed E-state index contributed by atoms with van der Waals surface area (Å²) in [6, 6.07) is 31.6. The average Bonchev–Trinajstić information content (AvgIpc) is 3.34. The van der Waals surface area contributed by atoms with Gasteiger partial charge in [-0.05, 0) is 39.8 Å². The van der Waals surface area contributed by atoms with Crippen LogP contribution in [0.1, 0.15) is 38.5 Å². The van der Waals surface area contributed by atoms with Crippen LogP contribution in [0.3, 0.4) is 0 Å². The molecule has 46 heavy (non-hydrogen) atoms. The maximum atomic E-state index is 14.7. The minimum absolute atomic E-state index is 0.302. The first-order valence-electron chi connectivity index (χ1n) is 14.7. The molecular formula is C36H24N4O6. The zero-order valence-corrected chi connectivity index (χ0v) is 24.0. The SMILES string of the molecule is O=C(N/N=C\C12c3ccccc3C(c3ccccc31)[C@@H]1C(=O)N(c3cccc4ccccc34)C(=O)[C@@H]12)c1cc([N+](=O)[O-])ccc1O. The van der Waals surface area contributed by atoms with Crippen LogP contribution in [0.15, 0.2) is 114 Å². The fourth-order valence-corrected chi connectivity index (χ4v) is 7.76. The Kier molecular flexibility index (Phi) is 5.91. The Balaban J connectivity index is 1.29. The molecule has 9 rings (SSSR count). The molecule has 1 saturated heterocycles. The van der Waals surface area contributed by atoms with Gasteiger partial charge >= 0.3 is 0 Å². The van der Waals surface area contributed by atoms with Crippen molar-refractivity contribution in [3.05, 3.63) is 147 Å². The molecule has 3 aliphatic carbocycles. The molecule has 1 aliphatic heterocycles. The molecule has 0 spiro atoms. The number of non-ortho nitro benzene ring substituents is 1. The summed E-state index contributed by atoms with van der Waals surface area (Å²) < 4.78 is 0. The minimum atomic E-state index is -1.24. The molecule has 3 amide bonds. The lowest BCUT2D eigenvalue weighted by molar-refractivity contribution is -0.384. The fraction of sp³-hybridized carbons (Fsp3) is 0.111. The third-order valence-electron chi connectivity index (χ3n) is 9.56. The number of rotatable bonds is 5. The molecule has 10 heteroatoms. The maximum absolute atomic E-state index is 14.7. The topological polar surface area (TPSA) is 142 Å². The molecule has 1 heterocycles. The van der Waals surface area contributed by atoms with Gasteiger partial charge in [0.1, 0.15) is 5.75 Å². The molecule has 0 aromatic heterocycles. The highest BCUT2D eigenvalue weighted by Gasteiger charge is 2.68. The lowest BCUT2D eigenvalue weighted by Crippen LogP contribution is -2.54. The summed E-state index contributed by atoms with van der Waals surface area (Å²) >= 11 is 0. The number of nitro groups is 1. The van der Waals surface area contributed by atoms with Gasteiger partial charge in [0.15, 0.2) is 0 Å². The summed E-state index contributed by atoms with van der Waals surface area (Å²) in [6.07, 6.45) is 1.50. The third kappa shape index (κ3) is 3.64. The van der Waals surface area contributed by atoms with E-state index in [0.717, 1.165) is 51.2 Å². The molecule has 224 valence electrons. The molecule has 0 saturated carbocycles. The van der Waals surface area contributed by atoms with Crippen molar-refractivity contribution in [1.29, 1.82) is 0 Å². The van der Waals surface area contributed by atoms with Crippen LogP contribution in [0, 0.1) is 22.0 Å². The predicted molar refractivity (Wildman–Crippen MR) is 170 cm³/mol. The Morgan fingerprint density at radius 3 is 2.24 bits per heavy atom. The summed E-state index contributed by atoms with van der Waals surface area (Å²) in [5.74, 6) is -3.98. The number of benzene rings is 5. The Hall–Kier alpha value is -6.16. The van der Waals surface area contributed by atoms with Crippen molar-refractivity contribution in [2.45, 2.75) is 11.3 Å². The number of phenols is 1. The van der Waals surface area contributed by atoms with Gasteiger partial charge in [0.05, 0.1) is 33.4 Å². The van der Waals surface area contributed by atoms with E-state index in [1.807, 2.05) is 84.9 Å². The Bertz CT molecular complexity index is 2140. The van der Waals surface area contributed by atoms with Crippen molar-refractivity contribution in [2.75, 3.05) is 4.90 Å². The molecule has 0 unspecified atom stereocenters. The van der Waals surface area contributed by atoms with E-state index in [4.69, 9.17) is 0 Å². The summed E-state index contributed by atoms with van der Waals surface area (Å²) in [5, 5.41) is 27.6. The molecule has 2 bridgehead atoms. The number of carbonyl (C=O) groups is 3. The molecule has 1 fully saturated rings. The normalized spacial score (nSPS) is 22.5. The van der Waals surface area contributed by atoms with Gasteiger partial charge in [0, 0.05) is 29.7 Å². The number of hydrazone groups is 1. The van der Waals surface area contributed by atoms with E-state index < -0.39 is 33.8 Å². The van der Waals surface area contributed by atoms with Crippen LogP contribution >= 0.6 is 0 Å². The van der Waals surface area contributed by atoms with Crippen molar-refractivity contribution >= 4 is 46.1 Å². The average molecular weight is 609 g/mol. The summed E-state index contributed by atoms with van der Waals surface area (Å²) in [6.45, 7) is 0. The lowest BCUT2D eigenvalue weighted by atomic mass is 9.47. The van der Waals surface area contributed by atoms with Crippen LogP contribution in [0.25, 0.3) is 10.8 Å². The van der Waals surface area contributed by atoms with E-state index in [-0.39, 0.29) is 29.0 Å². The highest BCUT2D eigenvalue weighted by Crippen LogP contribution is 2.63. The fourth-order valence-electron chi connectivity index (χ4n) is 7.76. The standard InChI is InChI=1S/C36H24N4O6/c41-29-17-16-21(40(45)46)18-25(29)33(42)38-37-19-36-26-13-5-3-11-23(26)30(24-12-4-6-14-27(24)36)31-32(36)35(44)39(34(31)43)28-15-7-9-20-8-1-2-10-22(20)28/h1-19,30-32,41H,(H,38,42)/b37-19-/t30?,31-,32+,36?/m0/s1. The first-order valence-corrected chi connectivity index (χ1v) is 14.7. The molecule has 2 N–H and O–H groups in total. The molecule has 5 aromatic carbocycles. The monoisotopic (exact) mass is 608 g/mol. The number of phenolic OH excluding ortho intramolecular Hbond substituents is 1. The minimum Gasteiger partial charge on any atom is -0.507 e. The summed E-state index contributed by atoms with van der Waals surface area (Å²) in [4.78, 5) is 54.4. The van der Waals surface area contributed by atoms with Gasteiger partial charge in [-0.15, -0.1) is 0 Å². The second-order valence-corrected chi connectivity index (χ2v) is 11.7. The molecule has 4 aliphatic rings. The second-order valence-electron chi connectivity index (χ2n) is 11.7. The Labute approximate surface area is 261 Å². The van der Waals surface area contributed by atoms with E-state index in [2.05, 4.69) is 10.5 Å². The number of anilines is 1. The quantitative estimate of drug-likeness (QED) is 0.118. The number of hydrogen-bond donors (Lipinski definition) is 2. The van der Waals surface area contributed by atoms with E-state index in [1.54, 1.807) is 6.07 Å². The van der Waals surface area contributed by atoms with Gasteiger partial charge < -0.3 is 5.11 Å². The van der Waals surface area contributed by atoms with Gasteiger partial charge in [-0.2, -0.15) is 5.10 Å². The highest BCUT2D eigenvalue weighted by molar-refractivity contribution is 6.27. The number of aromatic hydroxyl groups is 1. The van der Waals surface area contributed by atoms with Crippen molar-refractivity contribution in [2.24, 2.45) is 16.9 Å². The van der Waals surface area contributed by atoms with Crippen LogP contribution in [-0.2, 0) is 15.0 Å². The van der Waals surface area contributed by atoms with Crippen LogP contribution in [0.5, 0.6) is 5.75 Å². The van der Waals surface area contributed by atoms with Gasteiger partial charge in [-0.1, -0.05) is 84.9 Å². The Morgan fingerprint density at radius 1 is 0.870 bits per heavy atom. The molecule has 5 aromatic rings. The third-order valence-corrected chi connectivity index (χ3v) is 9.56. The maximum Gasteiger partial charge on any atom is 0.275 e. The van der Waals surface area contributed by atoms with Gasteiger partial charge in [0.25, 0.3) is 11.6 Å². The predicted octanol–water partition coefficient (Wildman–Crippen LogP) is 5.42. The molecule has 10 nitrogen and oxygen atoms in total.